The van der Waals surface area contributed by atoms with Crippen LogP contribution in [0.3, 0.4) is 0 Å². The van der Waals surface area contributed by atoms with E-state index in [9.17, 15) is 13.2 Å². The zero-order chi connectivity index (χ0) is 17.0. The maximum Gasteiger partial charge on any atom is 0.315 e. The van der Waals surface area contributed by atoms with Gasteiger partial charge in [-0.05, 0) is 25.0 Å². The molecule has 2 N–H and O–H groups in total. The summed E-state index contributed by atoms with van der Waals surface area (Å²) in [5.74, 6) is 0. The lowest BCUT2D eigenvalue weighted by Gasteiger charge is -2.39. The van der Waals surface area contributed by atoms with Crippen LogP contribution in [-0.4, -0.2) is 67.3 Å². The molecule has 1 unspecified atom stereocenters. The summed E-state index contributed by atoms with van der Waals surface area (Å²) in [5.41, 5.74) is 1.05. The van der Waals surface area contributed by atoms with Gasteiger partial charge in [0.05, 0.1) is 6.04 Å². The molecule has 2 rings (SSSR count). The van der Waals surface area contributed by atoms with Crippen molar-refractivity contribution in [2.24, 2.45) is 0 Å². The second-order valence-electron chi connectivity index (χ2n) is 5.89. The fourth-order valence-corrected chi connectivity index (χ4v) is 3.52. The molecule has 8 nitrogen and oxygen atoms in total. The van der Waals surface area contributed by atoms with Crippen LogP contribution in [0.2, 0.25) is 0 Å². The van der Waals surface area contributed by atoms with Gasteiger partial charge in [0, 0.05) is 45.6 Å². The van der Waals surface area contributed by atoms with Gasteiger partial charge in [0.25, 0.3) is 10.2 Å². The molecule has 0 saturated carbocycles. The van der Waals surface area contributed by atoms with Crippen LogP contribution in [0.15, 0.2) is 24.5 Å². The fourth-order valence-electron chi connectivity index (χ4n) is 2.32. The number of rotatable bonds is 6. The normalized spacial score (nSPS) is 17.6. The van der Waals surface area contributed by atoms with Crippen molar-refractivity contribution >= 4 is 16.2 Å². The first kappa shape index (κ1) is 17.6. The highest BCUT2D eigenvalue weighted by molar-refractivity contribution is 7.86. The van der Waals surface area contributed by atoms with E-state index in [1.165, 1.54) is 22.7 Å². The Hall–Kier alpha value is -1.71. The summed E-state index contributed by atoms with van der Waals surface area (Å²) in [5, 5.41) is 5.63. The molecule has 9 heteroatoms. The van der Waals surface area contributed by atoms with Crippen LogP contribution >= 0.6 is 0 Å². The zero-order valence-corrected chi connectivity index (χ0v) is 14.4. The molecule has 1 aromatic heterocycles. The lowest BCUT2D eigenvalue weighted by Crippen LogP contribution is -2.64. The summed E-state index contributed by atoms with van der Waals surface area (Å²) in [7, 11) is -0.407. The van der Waals surface area contributed by atoms with Gasteiger partial charge in [-0.1, -0.05) is 6.07 Å². The fraction of sp³-hybridized carbons (Fsp3) is 0.571. The van der Waals surface area contributed by atoms with Gasteiger partial charge in [-0.2, -0.15) is 17.0 Å². The SMILES string of the molecule is CC(Cc1cccnc1)NC(=O)NC1CN(S(=O)(=O)N(C)C)C1. The van der Waals surface area contributed by atoms with Gasteiger partial charge in [0.1, 0.15) is 0 Å². The number of amides is 2. The van der Waals surface area contributed by atoms with Crippen molar-refractivity contribution in [2.45, 2.75) is 25.4 Å². The third-order valence-electron chi connectivity index (χ3n) is 3.61. The van der Waals surface area contributed by atoms with Crippen LogP contribution in [0, 0.1) is 0 Å². The van der Waals surface area contributed by atoms with E-state index in [1.54, 1.807) is 12.4 Å². The predicted octanol–water partition coefficient (Wildman–Crippen LogP) is -0.198. The van der Waals surface area contributed by atoms with Gasteiger partial charge in [-0.15, -0.1) is 0 Å². The quantitative estimate of drug-likeness (QED) is 0.749. The molecule has 128 valence electrons. The first-order valence-electron chi connectivity index (χ1n) is 7.42. The topological polar surface area (TPSA) is 94.6 Å². The Morgan fingerprint density at radius 1 is 1.48 bits per heavy atom. The van der Waals surface area contributed by atoms with Crippen LogP contribution in [0.1, 0.15) is 12.5 Å². The molecule has 1 aliphatic heterocycles. The third kappa shape index (κ3) is 4.63. The third-order valence-corrected chi connectivity index (χ3v) is 5.49. The predicted molar refractivity (Wildman–Crippen MR) is 87.0 cm³/mol. The first-order chi connectivity index (χ1) is 10.8. The standard InChI is InChI=1S/C14H23N5O3S/c1-11(7-12-5-4-6-15-8-12)16-14(20)17-13-9-19(10-13)23(21,22)18(2)3/h4-6,8,11,13H,7,9-10H2,1-3H3,(H2,16,17,20). The van der Waals surface area contributed by atoms with E-state index in [2.05, 4.69) is 15.6 Å². The summed E-state index contributed by atoms with van der Waals surface area (Å²) in [6.07, 6.45) is 4.16. The van der Waals surface area contributed by atoms with Crippen LogP contribution < -0.4 is 10.6 Å². The minimum Gasteiger partial charge on any atom is -0.335 e. The highest BCUT2D eigenvalue weighted by Crippen LogP contribution is 2.15. The average Bonchev–Trinajstić information content (AvgIpc) is 2.42. The minimum absolute atomic E-state index is 0.0408. The molecule has 0 aliphatic carbocycles. The smallest absolute Gasteiger partial charge is 0.315 e. The zero-order valence-electron chi connectivity index (χ0n) is 13.6. The summed E-state index contributed by atoms with van der Waals surface area (Å²) in [6.45, 7) is 2.51. The van der Waals surface area contributed by atoms with E-state index < -0.39 is 10.2 Å². The van der Waals surface area contributed by atoms with E-state index >= 15 is 0 Å². The number of nitrogens with one attached hydrogen (secondary N) is 2. The van der Waals surface area contributed by atoms with Gasteiger partial charge in [0.15, 0.2) is 0 Å². The highest BCUT2D eigenvalue weighted by atomic mass is 32.2. The number of hydrogen-bond donors (Lipinski definition) is 2. The second-order valence-corrected chi connectivity index (χ2v) is 8.03. The summed E-state index contributed by atoms with van der Waals surface area (Å²) >= 11 is 0. The van der Waals surface area contributed by atoms with Crippen molar-refractivity contribution in [3.8, 4) is 0 Å². The van der Waals surface area contributed by atoms with Gasteiger partial charge in [-0.3, -0.25) is 4.98 Å². The lowest BCUT2D eigenvalue weighted by atomic mass is 10.1. The van der Waals surface area contributed by atoms with Crippen molar-refractivity contribution in [1.82, 2.24) is 24.2 Å². The molecule has 1 atom stereocenters. The molecule has 2 heterocycles. The van der Waals surface area contributed by atoms with E-state index in [-0.39, 0.29) is 18.1 Å². The number of urea groups is 1. The first-order valence-corrected chi connectivity index (χ1v) is 8.82. The maximum atomic E-state index is 11.9. The molecule has 1 aliphatic rings. The molecule has 1 fully saturated rings. The van der Waals surface area contributed by atoms with E-state index in [4.69, 9.17) is 0 Å². The van der Waals surface area contributed by atoms with Crippen LogP contribution in [0.4, 0.5) is 4.79 Å². The van der Waals surface area contributed by atoms with Gasteiger partial charge in [0.2, 0.25) is 0 Å². The maximum absolute atomic E-state index is 11.9. The van der Waals surface area contributed by atoms with Crippen molar-refractivity contribution < 1.29 is 13.2 Å². The molecule has 1 aromatic rings. The van der Waals surface area contributed by atoms with Gasteiger partial charge >= 0.3 is 6.03 Å². The number of nitrogens with zero attached hydrogens (tertiary/aromatic N) is 3. The molecular formula is C14H23N5O3S. The number of carbonyl (C=O) groups excluding carboxylic acids is 1. The molecule has 23 heavy (non-hydrogen) atoms. The second kappa shape index (κ2) is 7.24. The number of pyridine rings is 1. The Labute approximate surface area is 137 Å². The Bertz CT molecular complexity index is 629. The number of aromatic nitrogens is 1. The Kier molecular flexibility index (Phi) is 5.55. The number of hydrogen-bond acceptors (Lipinski definition) is 4. The largest absolute Gasteiger partial charge is 0.335 e. The van der Waals surface area contributed by atoms with E-state index in [0.717, 1.165) is 5.56 Å². The van der Waals surface area contributed by atoms with E-state index in [1.807, 2.05) is 19.1 Å². The lowest BCUT2D eigenvalue weighted by molar-refractivity contribution is 0.198. The Balaban J connectivity index is 1.72. The minimum atomic E-state index is -3.38. The highest BCUT2D eigenvalue weighted by Gasteiger charge is 2.37. The molecule has 1 saturated heterocycles. The summed E-state index contributed by atoms with van der Waals surface area (Å²) in [4.78, 5) is 16.0. The molecule has 0 radical (unpaired) electrons. The molecule has 0 spiro atoms. The molecular weight excluding hydrogens is 318 g/mol. The van der Waals surface area contributed by atoms with Crippen LogP contribution in [-0.2, 0) is 16.6 Å². The Morgan fingerprint density at radius 3 is 2.74 bits per heavy atom. The summed E-state index contributed by atoms with van der Waals surface area (Å²) in [6, 6.07) is 3.33. The van der Waals surface area contributed by atoms with Crippen molar-refractivity contribution in [3.63, 3.8) is 0 Å². The van der Waals surface area contributed by atoms with Crippen molar-refractivity contribution in [1.29, 1.82) is 0 Å². The molecule has 0 bridgehead atoms. The van der Waals surface area contributed by atoms with Gasteiger partial charge < -0.3 is 10.6 Å². The van der Waals surface area contributed by atoms with Gasteiger partial charge in [-0.25, -0.2) is 4.79 Å². The number of carbonyl (C=O) groups is 1. The Morgan fingerprint density at radius 2 is 2.17 bits per heavy atom. The van der Waals surface area contributed by atoms with Crippen LogP contribution in [0.5, 0.6) is 0 Å². The molecule has 0 aromatic carbocycles. The monoisotopic (exact) mass is 341 g/mol. The van der Waals surface area contributed by atoms with Crippen molar-refractivity contribution in [3.05, 3.63) is 30.1 Å². The van der Waals surface area contributed by atoms with E-state index in [0.29, 0.717) is 19.5 Å². The summed E-state index contributed by atoms with van der Waals surface area (Å²) < 4.78 is 26.2. The molecule has 2 amide bonds. The van der Waals surface area contributed by atoms with Crippen LogP contribution in [0.25, 0.3) is 0 Å². The van der Waals surface area contributed by atoms with Crippen molar-refractivity contribution in [2.75, 3.05) is 27.2 Å². The average molecular weight is 341 g/mol.